The molecule has 0 radical (unpaired) electrons. The largest absolute Gasteiger partial charge is 0.497 e. The number of ether oxygens (including phenoxy) is 1. The number of amides is 2. The summed E-state index contributed by atoms with van der Waals surface area (Å²) in [4.78, 5) is 25.5. The minimum Gasteiger partial charge on any atom is -0.497 e. The van der Waals surface area contributed by atoms with Gasteiger partial charge in [0.1, 0.15) is 11.5 Å². The molecule has 1 aliphatic heterocycles. The molecule has 0 spiro atoms. The Hall–Kier alpha value is -2.67. The van der Waals surface area contributed by atoms with Gasteiger partial charge in [-0.05, 0) is 79.0 Å². The number of carbonyl (C=O) groups is 2. The molecule has 0 aromatic heterocycles. The van der Waals surface area contributed by atoms with E-state index in [-0.39, 0.29) is 17.2 Å². The van der Waals surface area contributed by atoms with E-state index in [2.05, 4.69) is 15.7 Å². The number of benzene rings is 2. The lowest BCUT2D eigenvalue weighted by atomic mass is 9.98. The van der Waals surface area contributed by atoms with E-state index in [1.54, 1.807) is 18.2 Å². The predicted molar refractivity (Wildman–Crippen MR) is 110 cm³/mol. The molecule has 2 aromatic rings. The topological polar surface area (TPSA) is 84.8 Å². The van der Waals surface area contributed by atoms with Crippen LogP contribution in [0.5, 0.6) is 5.75 Å². The summed E-state index contributed by atoms with van der Waals surface area (Å²) < 4.78 is 22.5. The van der Waals surface area contributed by atoms with Gasteiger partial charge in [0.25, 0.3) is 5.91 Å². The smallest absolute Gasteiger partial charge is 0.286 e. The number of fused-ring (bicyclic) bond motifs is 3. The van der Waals surface area contributed by atoms with Crippen molar-refractivity contribution in [3.63, 3.8) is 0 Å². The molecule has 29 heavy (non-hydrogen) atoms. The molecular formula is C22H22N2O4S. The van der Waals surface area contributed by atoms with Crippen molar-refractivity contribution in [3.8, 4) is 5.75 Å². The highest BCUT2D eigenvalue weighted by molar-refractivity contribution is 7.95. The summed E-state index contributed by atoms with van der Waals surface area (Å²) in [5, 5.41) is 3.05. The first kappa shape index (κ1) is 18.4. The fourth-order valence-corrected chi connectivity index (χ4v) is 6.64. The minimum absolute atomic E-state index is 0.282. The summed E-state index contributed by atoms with van der Waals surface area (Å²) >= 11 is 0. The first-order valence-electron chi connectivity index (χ1n) is 9.92. The van der Waals surface area contributed by atoms with E-state index in [9.17, 15) is 13.8 Å². The van der Waals surface area contributed by atoms with Crippen LogP contribution in [0.15, 0.2) is 33.5 Å². The first-order valence-corrected chi connectivity index (χ1v) is 11.6. The van der Waals surface area contributed by atoms with Crippen molar-refractivity contribution in [3.05, 3.63) is 52.1 Å². The van der Waals surface area contributed by atoms with E-state index in [0.29, 0.717) is 10.6 Å². The van der Waals surface area contributed by atoms with Gasteiger partial charge in [0.05, 0.1) is 27.3 Å². The van der Waals surface area contributed by atoms with Crippen LogP contribution in [0.25, 0.3) is 0 Å². The lowest BCUT2D eigenvalue weighted by Gasteiger charge is -2.16. The molecule has 0 saturated heterocycles. The third-order valence-corrected chi connectivity index (χ3v) is 8.20. The van der Waals surface area contributed by atoms with E-state index < -0.39 is 15.6 Å². The number of rotatable bonds is 4. The van der Waals surface area contributed by atoms with Gasteiger partial charge in [-0.1, -0.05) is 6.07 Å². The van der Waals surface area contributed by atoms with Gasteiger partial charge in [0.2, 0.25) is 5.91 Å². The van der Waals surface area contributed by atoms with Gasteiger partial charge in [-0.25, -0.2) is 4.21 Å². The van der Waals surface area contributed by atoms with Crippen LogP contribution in [0.3, 0.4) is 0 Å². The fraction of sp³-hybridized carbons (Fsp3) is 0.364. The van der Waals surface area contributed by atoms with Crippen molar-refractivity contribution < 1.29 is 18.5 Å². The zero-order valence-corrected chi connectivity index (χ0v) is 17.1. The molecule has 2 aliphatic carbocycles. The second-order valence-electron chi connectivity index (χ2n) is 7.83. The third kappa shape index (κ3) is 2.95. The standard InChI is InChI=1S/C22H22N2O4S/c1-28-15-8-9-18-19(11-15)29(27,24-22(18)26)12-20(25)23-21-16-6-2-4-13(16)10-14-5-3-7-17(14)21/h8-11H,2-7,12H2,1H3,(H,23,25). The number of anilines is 1. The highest BCUT2D eigenvalue weighted by Gasteiger charge is 2.32. The average Bonchev–Trinajstić information content (AvgIpc) is 3.40. The van der Waals surface area contributed by atoms with Crippen LogP contribution in [0, 0.1) is 0 Å². The second kappa shape index (κ2) is 6.69. The maximum Gasteiger partial charge on any atom is 0.286 e. The number of nitrogens with zero attached hydrogens (tertiary/aromatic N) is 1. The van der Waals surface area contributed by atoms with Crippen molar-refractivity contribution in [1.82, 2.24) is 0 Å². The Balaban J connectivity index is 1.47. The van der Waals surface area contributed by atoms with E-state index in [0.717, 1.165) is 44.2 Å². The molecule has 0 fully saturated rings. The summed E-state index contributed by atoms with van der Waals surface area (Å²) in [6.45, 7) is 0. The number of carbonyl (C=O) groups excluding carboxylic acids is 2. The van der Waals surface area contributed by atoms with E-state index in [1.165, 1.54) is 29.4 Å². The van der Waals surface area contributed by atoms with Crippen molar-refractivity contribution in [1.29, 1.82) is 0 Å². The van der Waals surface area contributed by atoms with E-state index >= 15 is 0 Å². The molecule has 2 amide bonds. The van der Waals surface area contributed by atoms with Gasteiger partial charge in [-0.2, -0.15) is 4.36 Å². The zero-order valence-electron chi connectivity index (χ0n) is 16.2. The molecular weight excluding hydrogens is 388 g/mol. The summed E-state index contributed by atoms with van der Waals surface area (Å²) in [5.41, 5.74) is 6.27. The predicted octanol–water partition coefficient (Wildman–Crippen LogP) is 3.29. The number of hydrogen-bond acceptors (Lipinski definition) is 4. The molecule has 1 atom stereocenters. The van der Waals surface area contributed by atoms with Crippen molar-refractivity contribution in [2.24, 2.45) is 4.36 Å². The molecule has 1 heterocycles. The van der Waals surface area contributed by atoms with Crippen LogP contribution in [0.2, 0.25) is 0 Å². The molecule has 1 unspecified atom stereocenters. The van der Waals surface area contributed by atoms with Crippen LogP contribution in [0.1, 0.15) is 45.5 Å². The Morgan fingerprint density at radius 3 is 2.45 bits per heavy atom. The molecule has 0 saturated carbocycles. The number of methoxy groups -OCH3 is 1. The van der Waals surface area contributed by atoms with Crippen molar-refractivity contribution in [2.75, 3.05) is 18.2 Å². The Bertz CT molecular complexity index is 1160. The van der Waals surface area contributed by atoms with Crippen molar-refractivity contribution >= 4 is 27.2 Å². The molecule has 0 bridgehead atoms. The monoisotopic (exact) mass is 410 g/mol. The lowest BCUT2D eigenvalue weighted by molar-refractivity contribution is -0.113. The molecule has 6 nitrogen and oxygen atoms in total. The maximum absolute atomic E-state index is 13.5. The Morgan fingerprint density at radius 2 is 1.79 bits per heavy atom. The first-order chi connectivity index (χ1) is 14.0. The molecule has 7 heteroatoms. The van der Waals surface area contributed by atoms with Crippen LogP contribution in [0.4, 0.5) is 5.69 Å². The Labute approximate surface area is 169 Å². The van der Waals surface area contributed by atoms with Gasteiger partial charge < -0.3 is 10.1 Å². The zero-order chi connectivity index (χ0) is 20.2. The summed E-state index contributed by atoms with van der Waals surface area (Å²) in [6.07, 6.45) is 6.18. The quantitative estimate of drug-likeness (QED) is 0.838. The lowest BCUT2D eigenvalue weighted by Crippen LogP contribution is -2.23. The molecule has 3 aliphatic rings. The minimum atomic E-state index is -3.16. The third-order valence-electron chi connectivity index (χ3n) is 6.06. The van der Waals surface area contributed by atoms with Gasteiger partial charge >= 0.3 is 0 Å². The molecule has 1 N–H and O–H groups in total. The second-order valence-corrected chi connectivity index (χ2v) is 10.0. The van der Waals surface area contributed by atoms with Gasteiger partial charge in [-0.15, -0.1) is 0 Å². The van der Waals surface area contributed by atoms with Gasteiger partial charge in [0.15, 0.2) is 0 Å². The average molecular weight is 410 g/mol. The molecule has 150 valence electrons. The van der Waals surface area contributed by atoms with Gasteiger partial charge in [0, 0.05) is 5.69 Å². The van der Waals surface area contributed by atoms with Crippen LogP contribution < -0.4 is 10.1 Å². The fourth-order valence-electron chi connectivity index (χ4n) is 4.73. The number of aryl methyl sites for hydroxylation is 2. The Kier molecular flexibility index (Phi) is 4.24. The van der Waals surface area contributed by atoms with Crippen LogP contribution in [-0.2, 0) is 40.2 Å². The molecule has 5 rings (SSSR count). The van der Waals surface area contributed by atoms with Crippen LogP contribution in [-0.4, -0.2) is 28.9 Å². The molecule has 2 aromatic carbocycles. The van der Waals surface area contributed by atoms with Crippen molar-refractivity contribution in [2.45, 2.75) is 43.4 Å². The number of hydrogen-bond donors (Lipinski definition) is 1. The SMILES string of the molecule is COc1ccc2c(c1)S(=O)(CC(=O)Nc1c3c(cc4c1CCC4)CCC3)=NC2=O. The summed E-state index contributed by atoms with van der Waals surface area (Å²) in [5.74, 6) is -0.754. The van der Waals surface area contributed by atoms with E-state index in [1.807, 2.05) is 0 Å². The number of nitrogens with one attached hydrogen (secondary N) is 1. The maximum atomic E-state index is 13.5. The summed E-state index contributed by atoms with van der Waals surface area (Å²) in [7, 11) is -1.66. The normalized spacial score (nSPS) is 21.3. The van der Waals surface area contributed by atoms with Gasteiger partial charge in [-0.3, -0.25) is 9.59 Å². The van der Waals surface area contributed by atoms with Crippen LogP contribution >= 0.6 is 0 Å². The Morgan fingerprint density at radius 1 is 1.10 bits per heavy atom. The summed E-state index contributed by atoms with van der Waals surface area (Å²) in [6, 6.07) is 7.04. The highest BCUT2D eigenvalue weighted by Crippen LogP contribution is 2.39. The highest BCUT2D eigenvalue weighted by atomic mass is 32.2. The van der Waals surface area contributed by atoms with E-state index in [4.69, 9.17) is 4.74 Å².